The molecule has 0 spiro atoms. The molecule has 0 saturated heterocycles. The highest BCUT2D eigenvalue weighted by Crippen LogP contribution is 2.39. The largest absolute Gasteiger partial charge is 0.192 e. The minimum atomic E-state index is 0.00187. The van der Waals surface area contributed by atoms with Crippen molar-refractivity contribution in [2.45, 2.75) is 52.4 Å². The van der Waals surface area contributed by atoms with Crippen molar-refractivity contribution in [1.82, 2.24) is 0 Å². The van der Waals surface area contributed by atoms with Crippen LogP contribution in [-0.4, -0.2) is 0 Å². The van der Waals surface area contributed by atoms with Gasteiger partial charge in [0, 0.05) is 10.4 Å². The molecule has 0 unspecified atom stereocenters. The number of hydrogen-bond donors (Lipinski definition) is 0. The Hall–Kier alpha value is -5.16. The Bertz CT molecular complexity index is 1780. The normalized spacial score (nSPS) is 11.2. The van der Waals surface area contributed by atoms with Crippen molar-refractivity contribution in [3.05, 3.63) is 94.4 Å². The average Bonchev–Trinajstić information content (AvgIpc) is 2.93. The van der Waals surface area contributed by atoms with E-state index in [2.05, 4.69) is 90.1 Å². The van der Waals surface area contributed by atoms with Gasteiger partial charge in [-0.05, 0) is 54.3 Å². The number of hydrogen-bond acceptors (Lipinski definition) is 4. The molecule has 194 valence electrons. The third-order valence-corrected chi connectivity index (χ3v) is 7.18. The molecule has 0 amide bonds. The van der Waals surface area contributed by atoms with Crippen molar-refractivity contribution in [3.8, 4) is 24.3 Å². The highest BCUT2D eigenvalue weighted by atomic mass is 14.3. The molecule has 0 aliphatic carbocycles. The highest BCUT2D eigenvalue weighted by Gasteiger charge is 2.19. The lowest BCUT2D eigenvalue weighted by Gasteiger charge is -2.23. The van der Waals surface area contributed by atoms with Crippen LogP contribution in [0.1, 0.15) is 52.7 Å². The molecule has 4 nitrogen and oxygen atoms in total. The molecule has 5 aromatic rings. The molecule has 4 heteroatoms. The molecule has 0 aliphatic heterocycles. The molecule has 0 fully saturated rings. The van der Waals surface area contributed by atoms with Crippen molar-refractivity contribution >= 4 is 43.5 Å². The number of rotatable bonds is 0. The molecule has 0 saturated carbocycles. The van der Waals surface area contributed by atoms with E-state index in [4.69, 9.17) is 21.0 Å². The van der Waals surface area contributed by atoms with Gasteiger partial charge in [0.05, 0.1) is 0 Å². The van der Waals surface area contributed by atoms with E-state index >= 15 is 0 Å². The summed E-state index contributed by atoms with van der Waals surface area (Å²) in [7, 11) is 0. The van der Waals surface area contributed by atoms with Gasteiger partial charge in [-0.2, -0.15) is 21.0 Å². The Labute approximate surface area is 235 Å². The topological polar surface area (TPSA) is 95.2 Å². The molecule has 0 atom stereocenters. The lowest BCUT2D eigenvalue weighted by atomic mass is 9.81. The van der Waals surface area contributed by atoms with Crippen molar-refractivity contribution < 1.29 is 0 Å². The maximum Gasteiger partial charge on any atom is 0.136 e. The van der Waals surface area contributed by atoms with Crippen LogP contribution in [0.5, 0.6) is 0 Å². The van der Waals surface area contributed by atoms with Crippen LogP contribution in [0.15, 0.2) is 72.8 Å². The van der Waals surface area contributed by atoms with Crippen LogP contribution in [0.25, 0.3) is 43.5 Å². The minimum Gasteiger partial charge on any atom is -0.192 e. The van der Waals surface area contributed by atoms with Crippen LogP contribution in [0.2, 0.25) is 0 Å². The SMILES string of the molecule is CC(C)(C)c1cc2ccc3cc(C(C)(C)C)cc4ccc(c1)c2c34.N#CC(C#N)=c1ccc(=C(C#N)C#N)cc1. The lowest BCUT2D eigenvalue weighted by molar-refractivity contribution is 0.591. The summed E-state index contributed by atoms with van der Waals surface area (Å²) in [6.45, 7) is 13.7. The molecule has 0 heterocycles. The molecule has 0 aliphatic rings. The van der Waals surface area contributed by atoms with Gasteiger partial charge in [0.15, 0.2) is 0 Å². The van der Waals surface area contributed by atoms with Gasteiger partial charge in [-0.3, -0.25) is 0 Å². The molecule has 0 radical (unpaired) electrons. The summed E-state index contributed by atoms with van der Waals surface area (Å²) >= 11 is 0. The minimum absolute atomic E-state index is 0.00187. The van der Waals surface area contributed by atoms with E-state index in [1.54, 1.807) is 24.3 Å². The standard InChI is InChI=1S/C24H26.C12H4N4/c1-23(2,3)19-11-15-7-9-17-13-20(24(4,5)6)14-18-10-8-16(12-19)21(15)22(17)18;13-5-11(6-14)9-1-2-10(4-3-9)12(7-15)8-16/h7-14H,1-6H3;1-4H. The first kappa shape index (κ1) is 27.9. The van der Waals surface area contributed by atoms with Crippen LogP contribution in [0, 0.1) is 45.3 Å². The van der Waals surface area contributed by atoms with Gasteiger partial charge in [-0.25, -0.2) is 0 Å². The van der Waals surface area contributed by atoms with Crippen LogP contribution in [0.3, 0.4) is 0 Å². The van der Waals surface area contributed by atoms with Crippen molar-refractivity contribution in [1.29, 1.82) is 21.0 Å². The zero-order chi connectivity index (χ0) is 29.2. The van der Waals surface area contributed by atoms with Gasteiger partial charge in [0.2, 0.25) is 0 Å². The molecular weight excluding hydrogens is 488 g/mol. The fourth-order valence-corrected chi connectivity index (χ4v) is 4.82. The highest BCUT2D eigenvalue weighted by molar-refractivity contribution is 6.23. The zero-order valence-corrected chi connectivity index (χ0v) is 23.7. The smallest absolute Gasteiger partial charge is 0.136 e. The van der Waals surface area contributed by atoms with Crippen LogP contribution >= 0.6 is 0 Å². The predicted molar refractivity (Wildman–Crippen MR) is 163 cm³/mol. The number of nitriles is 4. The van der Waals surface area contributed by atoms with Gasteiger partial charge < -0.3 is 0 Å². The van der Waals surface area contributed by atoms with E-state index in [1.807, 2.05) is 0 Å². The summed E-state index contributed by atoms with van der Waals surface area (Å²) in [5, 5.41) is 43.7. The van der Waals surface area contributed by atoms with Crippen molar-refractivity contribution in [3.63, 3.8) is 0 Å². The fraction of sp³-hybridized carbons (Fsp3) is 0.222. The van der Waals surface area contributed by atoms with E-state index < -0.39 is 0 Å². The Morgan fingerprint density at radius 3 is 0.900 bits per heavy atom. The molecule has 0 aromatic heterocycles. The zero-order valence-electron chi connectivity index (χ0n) is 23.7. The van der Waals surface area contributed by atoms with E-state index in [-0.39, 0.29) is 22.0 Å². The Morgan fingerprint density at radius 2 is 0.700 bits per heavy atom. The third kappa shape index (κ3) is 5.36. The van der Waals surface area contributed by atoms with Gasteiger partial charge in [-0.15, -0.1) is 0 Å². The molecule has 5 rings (SSSR count). The summed E-state index contributed by atoms with van der Waals surface area (Å²) < 4.78 is 0. The van der Waals surface area contributed by atoms with Crippen LogP contribution in [-0.2, 0) is 10.8 Å². The second-order valence-electron chi connectivity index (χ2n) is 12.0. The van der Waals surface area contributed by atoms with E-state index in [0.717, 1.165) is 0 Å². The van der Waals surface area contributed by atoms with E-state index in [1.165, 1.54) is 67.7 Å². The maximum atomic E-state index is 8.63. The van der Waals surface area contributed by atoms with Gasteiger partial charge in [-0.1, -0.05) is 114 Å². The second-order valence-corrected chi connectivity index (χ2v) is 12.0. The van der Waals surface area contributed by atoms with Gasteiger partial charge in [0.1, 0.15) is 35.4 Å². The Morgan fingerprint density at radius 1 is 0.450 bits per heavy atom. The monoisotopic (exact) mass is 518 g/mol. The summed E-state index contributed by atoms with van der Waals surface area (Å²) in [5.41, 5.74) is 3.16. The average molecular weight is 519 g/mol. The maximum absolute atomic E-state index is 8.63. The first-order valence-corrected chi connectivity index (χ1v) is 13.1. The van der Waals surface area contributed by atoms with Crippen LogP contribution < -0.4 is 10.4 Å². The quantitative estimate of drug-likeness (QED) is 0.202. The van der Waals surface area contributed by atoms with Crippen molar-refractivity contribution in [2.24, 2.45) is 0 Å². The first-order valence-electron chi connectivity index (χ1n) is 13.1. The third-order valence-electron chi connectivity index (χ3n) is 7.18. The van der Waals surface area contributed by atoms with Crippen molar-refractivity contribution in [2.75, 3.05) is 0 Å². The predicted octanol–water partition coefficient (Wildman–Crippen LogP) is 7.26. The number of nitrogens with zero attached hydrogens (tertiary/aromatic N) is 4. The molecule has 0 N–H and O–H groups in total. The lowest BCUT2D eigenvalue weighted by Crippen LogP contribution is -2.11. The molecule has 40 heavy (non-hydrogen) atoms. The van der Waals surface area contributed by atoms with E-state index in [0.29, 0.717) is 10.4 Å². The fourth-order valence-electron chi connectivity index (χ4n) is 4.82. The number of benzene rings is 5. The Balaban J connectivity index is 0.000000202. The second kappa shape index (κ2) is 10.5. The summed E-state index contributed by atoms with van der Waals surface area (Å²) in [6.07, 6.45) is 0. The summed E-state index contributed by atoms with van der Waals surface area (Å²) in [6, 6.07) is 31.9. The molecule has 5 aromatic carbocycles. The summed E-state index contributed by atoms with van der Waals surface area (Å²) in [5.74, 6) is 0. The Kier molecular flexibility index (Phi) is 7.34. The molecular formula is C36H30N4. The van der Waals surface area contributed by atoms with E-state index in [9.17, 15) is 0 Å². The van der Waals surface area contributed by atoms with Gasteiger partial charge in [0.25, 0.3) is 0 Å². The first-order chi connectivity index (χ1) is 18.9. The summed E-state index contributed by atoms with van der Waals surface area (Å²) in [4.78, 5) is 0. The van der Waals surface area contributed by atoms with Crippen LogP contribution in [0.4, 0.5) is 0 Å². The van der Waals surface area contributed by atoms with Gasteiger partial charge >= 0.3 is 0 Å². The molecule has 0 bridgehead atoms.